The summed E-state index contributed by atoms with van der Waals surface area (Å²) in [5, 5.41) is 0. The molecule has 3 atom stereocenters. The van der Waals surface area contributed by atoms with Crippen LogP contribution in [0.2, 0.25) is 0 Å². The summed E-state index contributed by atoms with van der Waals surface area (Å²) < 4.78 is 0. The van der Waals surface area contributed by atoms with Crippen molar-refractivity contribution in [2.75, 3.05) is 0 Å². The van der Waals surface area contributed by atoms with Crippen molar-refractivity contribution in [1.82, 2.24) is 0 Å². The molecule has 2 saturated carbocycles. The molecule has 18 heavy (non-hydrogen) atoms. The number of hydrogen-bond donors (Lipinski definition) is 0. The van der Waals surface area contributed by atoms with E-state index < -0.39 is 0 Å². The van der Waals surface area contributed by atoms with E-state index in [0.717, 1.165) is 6.42 Å². The quantitative estimate of drug-likeness (QED) is 0.611. The Morgan fingerprint density at radius 3 is 2.22 bits per heavy atom. The molecular formula is C17H28O. The zero-order chi connectivity index (χ0) is 13.7. The molecule has 0 bridgehead atoms. The van der Waals surface area contributed by atoms with Crippen LogP contribution in [0.1, 0.15) is 67.2 Å². The minimum atomic E-state index is 0.187. The lowest BCUT2D eigenvalue weighted by atomic mass is 9.55. The first kappa shape index (κ1) is 13.8. The fourth-order valence-corrected chi connectivity index (χ4v) is 4.96. The van der Waals surface area contributed by atoms with Crippen LogP contribution < -0.4 is 0 Å². The highest BCUT2D eigenvalue weighted by Crippen LogP contribution is 2.63. The van der Waals surface area contributed by atoms with Crippen LogP contribution in [-0.2, 0) is 4.79 Å². The van der Waals surface area contributed by atoms with E-state index in [4.69, 9.17) is 0 Å². The Hall–Kier alpha value is -0.590. The Labute approximate surface area is 112 Å². The predicted molar refractivity (Wildman–Crippen MR) is 76.4 cm³/mol. The SMILES string of the molecule is CC(=O)[C@@H]1C(=C(C)C)C[C@@H]2C(C)(C)CCC[C@@]12C. The molecule has 102 valence electrons. The number of allylic oxidation sites excluding steroid dienone is 2. The van der Waals surface area contributed by atoms with Gasteiger partial charge in [-0.1, -0.05) is 38.3 Å². The zero-order valence-corrected chi connectivity index (χ0v) is 12.9. The maximum Gasteiger partial charge on any atom is 0.137 e. The summed E-state index contributed by atoms with van der Waals surface area (Å²) in [5.41, 5.74) is 3.42. The van der Waals surface area contributed by atoms with Crippen LogP contribution >= 0.6 is 0 Å². The first-order valence-electron chi connectivity index (χ1n) is 7.37. The van der Waals surface area contributed by atoms with E-state index in [2.05, 4.69) is 34.6 Å². The third kappa shape index (κ3) is 1.87. The van der Waals surface area contributed by atoms with Gasteiger partial charge in [-0.25, -0.2) is 0 Å². The molecule has 0 saturated heterocycles. The van der Waals surface area contributed by atoms with Crippen LogP contribution in [0.5, 0.6) is 0 Å². The molecule has 0 heterocycles. The summed E-state index contributed by atoms with van der Waals surface area (Å²) in [6.07, 6.45) is 4.96. The normalized spacial score (nSPS) is 38.4. The Morgan fingerprint density at radius 1 is 1.11 bits per heavy atom. The lowest BCUT2D eigenvalue weighted by Gasteiger charge is -2.48. The van der Waals surface area contributed by atoms with Crippen molar-refractivity contribution in [3.8, 4) is 0 Å². The van der Waals surface area contributed by atoms with E-state index in [1.807, 2.05) is 0 Å². The number of fused-ring (bicyclic) bond motifs is 1. The van der Waals surface area contributed by atoms with Crippen molar-refractivity contribution in [3.05, 3.63) is 11.1 Å². The molecule has 1 nitrogen and oxygen atoms in total. The van der Waals surface area contributed by atoms with Crippen LogP contribution in [0.3, 0.4) is 0 Å². The molecule has 0 unspecified atom stereocenters. The minimum absolute atomic E-state index is 0.187. The molecule has 1 heteroatoms. The van der Waals surface area contributed by atoms with Crippen LogP contribution in [0.15, 0.2) is 11.1 Å². The minimum Gasteiger partial charge on any atom is -0.299 e. The second kappa shape index (κ2) is 4.21. The zero-order valence-electron chi connectivity index (χ0n) is 12.9. The van der Waals surface area contributed by atoms with Crippen molar-refractivity contribution >= 4 is 5.78 Å². The lowest BCUT2D eigenvalue weighted by molar-refractivity contribution is -0.125. The van der Waals surface area contributed by atoms with Gasteiger partial charge in [0, 0.05) is 5.92 Å². The second-order valence-corrected chi connectivity index (χ2v) is 7.67. The molecule has 0 aromatic carbocycles. The highest BCUT2D eigenvalue weighted by atomic mass is 16.1. The Kier molecular flexibility index (Phi) is 3.24. The van der Waals surface area contributed by atoms with Crippen molar-refractivity contribution in [3.63, 3.8) is 0 Å². The molecule has 0 aromatic heterocycles. The predicted octanol–water partition coefficient (Wildman–Crippen LogP) is 4.76. The average molecular weight is 248 g/mol. The van der Waals surface area contributed by atoms with Gasteiger partial charge in [0.05, 0.1) is 0 Å². The topological polar surface area (TPSA) is 17.1 Å². The van der Waals surface area contributed by atoms with Crippen molar-refractivity contribution in [2.24, 2.45) is 22.7 Å². The van der Waals surface area contributed by atoms with E-state index in [9.17, 15) is 4.79 Å². The highest BCUT2D eigenvalue weighted by molar-refractivity contribution is 5.83. The van der Waals surface area contributed by atoms with Gasteiger partial charge in [0.2, 0.25) is 0 Å². The van der Waals surface area contributed by atoms with E-state index in [1.165, 1.54) is 30.4 Å². The Balaban J connectivity index is 2.52. The van der Waals surface area contributed by atoms with Gasteiger partial charge >= 0.3 is 0 Å². The summed E-state index contributed by atoms with van der Waals surface area (Å²) >= 11 is 0. The van der Waals surface area contributed by atoms with Crippen molar-refractivity contribution in [1.29, 1.82) is 0 Å². The van der Waals surface area contributed by atoms with E-state index in [1.54, 1.807) is 6.92 Å². The molecule has 0 aliphatic heterocycles. The van der Waals surface area contributed by atoms with Gasteiger partial charge in [-0.15, -0.1) is 0 Å². The van der Waals surface area contributed by atoms with Crippen molar-refractivity contribution in [2.45, 2.75) is 67.2 Å². The molecule has 0 amide bonds. The summed E-state index contributed by atoms with van der Waals surface area (Å²) in [5.74, 6) is 1.25. The largest absolute Gasteiger partial charge is 0.299 e. The first-order valence-corrected chi connectivity index (χ1v) is 7.37. The smallest absolute Gasteiger partial charge is 0.137 e. The number of hydrogen-bond acceptors (Lipinski definition) is 1. The summed E-state index contributed by atoms with van der Waals surface area (Å²) in [6.45, 7) is 13.3. The van der Waals surface area contributed by atoms with Crippen LogP contribution in [0.25, 0.3) is 0 Å². The van der Waals surface area contributed by atoms with Gasteiger partial charge in [-0.3, -0.25) is 4.79 Å². The lowest BCUT2D eigenvalue weighted by Crippen LogP contribution is -2.43. The number of rotatable bonds is 1. The molecule has 0 N–H and O–H groups in total. The van der Waals surface area contributed by atoms with Gasteiger partial charge in [0.25, 0.3) is 0 Å². The molecule has 2 aliphatic carbocycles. The maximum atomic E-state index is 12.2. The number of Topliss-reactive ketones (excluding diaryl/α,β-unsaturated/α-hetero) is 1. The summed E-state index contributed by atoms with van der Waals surface area (Å²) in [4.78, 5) is 12.2. The van der Waals surface area contributed by atoms with Crippen LogP contribution in [0.4, 0.5) is 0 Å². The molecule has 0 aromatic rings. The van der Waals surface area contributed by atoms with Gasteiger partial charge < -0.3 is 0 Å². The Bertz CT molecular complexity index is 398. The summed E-state index contributed by atoms with van der Waals surface area (Å²) in [7, 11) is 0. The van der Waals surface area contributed by atoms with Gasteiger partial charge in [0.15, 0.2) is 0 Å². The fraction of sp³-hybridized carbons (Fsp3) is 0.824. The summed E-state index contributed by atoms with van der Waals surface area (Å²) in [6, 6.07) is 0. The fourth-order valence-electron chi connectivity index (χ4n) is 4.96. The van der Waals surface area contributed by atoms with Crippen LogP contribution in [0, 0.1) is 22.7 Å². The maximum absolute atomic E-state index is 12.2. The Morgan fingerprint density at radius 2 is 1.72 bits per heavy atom. The average Bonchev–Trinajstić information content (AvgIpc) is 2.52. The van der Waals surface area contributed by atoms with E-state index in [-0.39, 0.29) is 11.3 Å². The first-order chi connectivity index (χ1) is 8.20. The third-order valence-corrected chi connectivity index (χ3v) is 5.76. The van der Waals surface area contributed by atoms with Gasteiger partial charge in [-0.05, 0) is 56.8 Å². The number of carbonyl (C=O) groups excluding carboxylic acids is 1. The second-order valence-electron chi connectivity index (χ2n) is 7.67. The van der Waals surface area contributed by atoms with E-state index >= 15 is 0 Å². The standard InChI is InChI=1S/C17H28O/c1-11(2)13-10-14-16(4,5)8-7-9-17(14,6)15(13)12(3)18/h14-15H,7-10H2,1-6H3/t14-,15-,17-/m1/s1. The monoisotopic (exact) mass is 248 g/mol. The third-order valence-electron chi connectivity index (χ3n) is 5.76. The number of carbonyl (C=O) groups is 1. The molecule has 0 spiro atoms. The van der Waals surface area contributed by atoms with Crippen LogP contribution in [-0.4, -0.2) is 5.78 Å². The molecule has 0 radical (unpaired) electrons. The molecular weight excluding hydrogens is 220 g/mol. The van der Waals surface area contributed by atoms with Crippen molar-refractivity contribution < 1.29 is 4.79 Å². The molecule has 2 fully saturated rings. The van der Waals surface area contributed by atoms with Gasteiger partial charge in [0.1, 0.15) is 5.78 Å². The van der Waals surface area contributed by atoms with E-state index in [0.29, 0.717) is 17.1 Å². The molecule has 2 aliphatic rings. The number of ketones is 1. The van der Waals surface area contributed by atoms with Gasteiger partial charge in [-0.2, -0.15) is 0 Å². The highest BCUT2D eigenvalue weighted by Gasteiger charge is 2.57. The molecule has 2 rings (SSSR count).